The van der Waals surface area contributed by atoms with Crippen LogP contribution in [0.25, 0.3) is 0 Å². The maximum absolute atomic E-state index is 8.82. The van der Waals surface area contributed by atoms with E-state index in [9.17, 15) is 0 Å². The van der Waals surface area contributed by atoms with Gasteiger partial charge in [0.2, 0.25) is 0 Å². The van der Waals surface area contributed by atoms with Gasteiger partial charge in [-0.25, -0.2) is 0 Å². The van der Waals surface area contributed by atoms with Gasteiger partial charge in [-0.2, -0.15) is 5.10 Å². The van der Waals surface area contributed by atoms with E-state index in [1.54, 1.807) is 6.07 Å². The van der Waals surface area contributed by atoms with E-state index in [0.717, 1.165) is 18.9 Å². The number of hydrogen-bond acceptors (Lipinski definition) is 5. The van der Waals surface area contributed by atoms with Crippen molar-refractivity contribution < 1.29 is 5.11 Å². The fourth-order valence-corrected chi connectivity index (χ4v) is 1.11. The second-order valence-corrected chi connectivity index (χ2v) is 3.77. The average molecular weight is 210 g/mol. The van der Waals surface area contributed by atoms with Crippen LogP contribution < -0.4 is 4.90 Å². The van der Waals surface area contributed by atoms with Crippen molar-refractivity contribution in [2.45, 2.75) is 6.61 Å². The molecule has 15 heavy (non-hydrogen) atoms. The van der Waals surface area contributed by atoms with E-state index >= 15 is 0 Å². The Morgan fingerprint density at radius 3 is 2.33 bits per heavy atom. The zero-order valence-corrected chi connectivity index (χ0v) is 9.51. The fourth-order valence-electron chi connectivity index (χ4n) is 1.11. The third-order valence-corrected chi connectivity index (χ3v) is 2.14. The molecule has 0 fully saturated rings. The SMILES string of the molecule is CN(C)CCN(C)c1ccc(CO)nn1. The van der Waals surface area contributed by atoms with E-state index < -0.39 is 0 Å². The second-order valence-electron chi connectivity index (χ2n) is 3.77. The molecule has 0 aliphatic carbocycles. The highest BCUT2D eigenvalue weighted by Gasteiger charge is 2.03. The third kappa shape index (κ3) is 3.81. The minimum atomic E-state index is -0.0608. The second kappa shape index (κ2) is 5.63. The molecule has 0 aliphatic rings. The summed E-state index contributed by atoms with van der Waals surface area (Å²) in [5, 5.41) is 16.7. The van der Waals surface area contributed by atoms with Gasteiger partial charge in [-0.1, -0.05) is 0 Å². The van der Waals surface area contributed by atoms with Crippen LogP contribution in [0.2, 0.25) is 0 Å². The van der Waals surface area contributed by atoms with Crippen molar-refractivity contribution in [3.05, 3.63) is 17.8 Å². The van der Waals surface area contributed by atoms with Crippen molar-refractivity contribution in [2.24, 2.45) is 0 Å². The molecule has 0 bridgehead atoms. The summed E-state index contributed by atoms with van der Waals surface area (Å²) in [4.78, 5) is 4.15. The Labute approximate surface area is 90.3 Å². The summed E-state index contributed by atoms with van der Waals surface area (Å²) in [5.74, 6) is 0.828. The van der Waals surface area contributed by atoms with Gasteiger partial charge in [0.05, 0.1) is 12.3 Å². The summed E-state index contributed by atoms with van der Waals surface area (Å²) >= 11 is 0. The molecular formula is C10H18N4O. The van der Waals surface area contributed by atoms with E-state index in [-0.39, 0.29) is 6.61 Å². The number of likely N-dealkylation sites (N-methyl/N-ethyl adjacent to an activating group) is 2. The van der Waals surface area contributed by atoms with Crippen LogP contribution in [0.4, 0.5) is 5.82 Å². The molecule has 0 saturated heterocycles. The molecule has 0 saturated carbocycles. The summed E-state index contributed by atoms with van der Waals surface area (Å²) in [6.07, 6.45) is 0. The molecule has 84 valence electrons. The number of aromatic nitrogens is 2. The molecule has 0 radical (unpaired) electrons. The average Bonchev–Trinajstić information content (AvgIpc) is 2.26. The first-order valence-electron chi connectivity index (χ1n) is 4.93. The molecule has 1 aromatic heterocycles. The van der Waals surface area contributed by atoms with Crippen molar-refractivity contribution in [1.82, 2.24) is 15.1 Å². The van der Waals surface area contributed by atoms with Gasteiger partial charge in [-0.05, 0) is 26.2 Å². The lowest BCUT2D eigenvalue weighted by molar-refractivity contribution is 0.275. The monoisotopic (exact) mass is 210 g/mol. The van der Waals surface area contributed by atoms with Crippen molar-refractivity contribution in [3.63, 3.8) is 0 Å². The van der Waals surface area contributed by atoms with Crippen LogP contribution in [0.1, 0.15) is 5.69 Å². The Hall–Kier alpha value is -1.20. The van der Waals surface area contributed by atoms with Gasteiger partial charge < -0.3 is 14.9 Å². The van der Waals surface area contributed by atoms with E-state index in [0.29, 0.717) is 5.69 Å². The predicted octanol–water partition coefficient (Wildman–Crippen LogP) is -0.0333. The number of hydrogen-bond donors (Lipinski definition) is 1. The minimum Gasteiger partial charge on any atom is -0.390 e. The van der Waals surface area contributed by atoms with Gasteiger partial charge in [-0.15, -0.1) is 5.10 Å². The number of aliphatic hydroxyl groups is 1. The molecular weight excluding hydrogens is 192 g/mol. The Morgan fingerprint density at radius 1 is 1.13 bits per heavy atom. The van der Waals surface area contributed by atoms with E-state index in [1.807, 2.05) is 32.1 Å². The molecule has 1 heterocycles. The maximum Gasteiger partial charge on any atom is 0.151 e. The molecule has 5 heteroatoms. The summed E-state index contributed by atoms with van der Waals surface area (Å²) in [6, 6.07) is 3.66. The lowest BCUT2D eigenvalue weighted by Gasteiger charge is -2.19. The summed E-state index contributed by atoms with van der Waals surface area (Å²) in [5.41, 5.74) is 0.597. The van der Waals surface area contributed by atoms with Crippen LogP contribution >= 0.6 is 0 Å². The van der Waals surface area contributed by atoms with Gasteiger partial charge in [0.15, 0.2) is 5.82 Å². The quantitative estimate of drug-likeness (QED) is 0.739. The minimum absolute atomic E-state index is 0.0608. The van der Waals surface area contributed by atoms with Crippen molar-refractivity contribution in [3.8, 4) is 0 Å². The van der Waals surface area contributed by atoms with Crippen molar-refractivity contribution >= 4 is 5.82 Å². The number of rotatable bonds is 5. The van der Waals surface area contributed by atoms with Crippen LogP contribution in [-0.2, 0) is 6.61 Å². The lowest BCUT2D eigenvalue weighted by Crippen LogP contribution is -2.29. The highest BCUT2D eigenvalue weighted by molar-refractivity contribution is 5.35. The standard InChI is InChI=1S/C10H18N4O/c1-13(2)6-7-14(3)10-5-4-9(8-15)11-12-10/h4-5,15H,6-8H2,1-3H3. The van der Waals surface area contributed by atoms with E-state index in [2.05, 4.69) is 15.1 Å². The molecule has 0 aromatic carbocycles. The molecule has 0 spiro atoms. The largest absolute Gasteiger partial charge is 0.390 e. The molecule has 0 atom stereocenters. The Kier molecular flexibility index (Phi) is 4.45. The first kappa shape index (κ1) is 11.9. The molecule has 1 aromatic rings. The number of nitrogens with zero attached hydrogens (tertiary/aromatic N) is 4. The lowest BCUT2D eigenvalue weighted by atomic mass is 10.4. The highest BCUT2D eigenvalue weighted by atomic mass is 16.3. The van der Waals surface area contributed by atoms with Gasteiger partial charge in [0.25, 0.3) is 0 Å². The Morgan fingerprint density at radius 2 is 1.87 bits per heavy atom. The predicted molar refractivity (Wildman–Crippen MR) is 59.8 cm³/mol. The van der Waals surface area contributed by atoms with Crippen LogP contribution in [0.3, 0.4) is 0 Å². The smallest absolute Gasteiger partial charge is 0.151 e. The van der Waals surface area contributed by atoms with Crippen molar-refractivity contribution in [2.75, 3.05) is 39.1 Å². The first-order chi connectivity index (χ1) is 7.13. The van der Waals surface area contributed by atoms with Gasteiger partial charge >= 0.3 is 0 Å². The molecule has 5 nitrogen and oxygen atoms in total. The van der Waals surface area contributed by atoms with Gasteiger partial charge in [0.1, 0.15) is 0 Å². The summed E-state index contributed by atoms with van der Waals surface area (Å²) < 4.78 is 0. The van der Waals surface area contributed by atoms with E-state index in [4.69, 9.17) is 5.11 Å². The van der Waals surface area contributed by atoms with Gasteiger partial charge in [-0.3, -0.25) is 0 Å². The van der Waals surface area contributed by atoms with Crippen LogP contribution in [0.15, 0.2) is 12.1 Å². The van der Waals surface area contributed by atoms with Crippen LogP contribution in [0, 0.1) is 0 Å². The maximum atomic E-state index is 8.82. The fraction of sp³-hybridized carbons (Fsp3) is 0.600. The normalized spacial score (nSPS) is 10.7. The first-order valence-corrected chi connectivity index (χ1v) is 4.93. The molecule has 1 N–H and O–H groups in total. The molecule has 0 unspecified atom stereocenters. The van der Waals surface area contributed by atoms with Gasteiger partial charge in [0, 0.05) is 20.1 Å². The summed E-state index contributed by atoms with van der Waals surface area (Å²) in [7, 11) is 6.05. The van der Waals surface area contributed by atoms with E-state index in [1.165, 1.54) is 0 Å². The van der Waals surface area contributed by atoms with Crippen LogP contribution in [-0.4, -0.2) is 54.4 Å². The Bertz CT molecular complexity index is 286. The molecule has 1 rings (SSSR count). The zero-order valence-electron chi connectivity index (χ0n) is 9.51. The number of aliphatic hydroxyl groups excluding tert-OH is 1. The highest BCUT2D eigenvalue weighted by Crippen LogP contribution is 2.06. The molecule has 0 aliphatic heterocycles. The van der Waals surface area contributed by atoms with Crippen LogP contribution in [0.5, 0.6) is 0 Å². The zero-order chi connectivity index (χ0) is 11.3. The van der Waals surface area contributed by atoms with Crippen molar-refractivity contribution in [1.29, 1.82) is 0 Å². The number of anilines is 1. The summed E-state index contributed by atoms with van der Waals surface area (Å²) in [6.45, 7) is 1.81. The topological polar surface area (TPSA) is 52.5 Å². The Balaban J connectivity index is 2.54. The third-order valence-electron chi connectivity index (χ3n) is 2.14. The molecule has 0 amide bonds.